The van der Waals surface area contributed by atoms with Gasteiger partial charge in [-0.05, 0) is 56.5 Å². The molecule has 146 valence electrons. The number of anilines is 1. The van der Waals surface area contributed by atoms with Crippen molar-refractivity contribution < 1.29 is 19.5 Å². The second-order valence-corrected chi connectivity index (χ2v) is 7.55. The predicted octanol–water partition coefficient (Wildman–Crippen LogP) is 3.57. The molecule has 1 aliphatic heterocycles. The van der Waals surface area contributed by atoms with E-state index in [4.69, 9.17) is 0 Å². The number of hydrogen-bond acceptors (Lipinski definition) is 3. The number of nitrogens with zero attached hydrogens (tertiary/aromatic N) is 1. The normalized spacial score (nSPS) is 19.1. The van der Waals surface area contributed by atoms with Crippen LogP contribution in [0.15, 0.2) is 48.5 Å². The van der Waals surface area contributed by atoms with Crippen molar-refractivity contribution in [2.45, 2.75) is 26.7 Å². The maximum atomic E-state index is 12.9. The molecule has 1 heterocycles. The van der Waals surface area contributed by atoms with Gasteiger partial charge in [-0.1, -0.05) is 24.3 Å². The molecule has 0 aromatic heterocycles. The van der Waals surface area contributed by atoms with Gasteiger partial charge in [-0.15, -0.1) is 0 Å². The number of nitrogens with one attached hydrogen (secondary N) is 1. The van der Waals surface area contributed by atoms with Gasteiger partial charge in [-0.25, -0.2) is 0 Å². The number of benzene rings is 2. The van der Waals surface area contributed by atoms with Crippen molar-refractivity contribution in [3.05, 3.63) is 65.2 Å². The standard InChI is InChI=1S/C22H24N2O4/c1-15-9-10-17(13-18(15)23-19(25)16-7-4-3-5-8-16)20(26)24-12-6-11-22(2,14-24)21(27)28/h3-5,7-10,13H,6,11-12,14H2,1-2H3,(H,23,25)(H,27,28). The molecule has 2 aromatic carbocycles. The molecule has 6 nitrogen and oxygen atoms in total. The van der Waals surface area contributed by atoms with E-state index < -0.39 is 11.4 Å². The van der Waals surface area contributed by atoms with Crippen LogP contribution >= 0.6 is 0 Å². The lowest BCUT2D eigenvalue weighted by Crippen LogP contribution is -2.48. The summed E-state index contributed by atoms with van der Waals surface area (Å²) in [7, 11) is 0. The summed E-state index contributed by atoms with van der Waals surface area (Å²) in [5.74, 6) is -1.35. The van der Waals surface area contributed by atoms with Gasteiger partial charge in [0.25, 0.3) is 11.8 Å². The Morgan fingerprint density at radius 3 is 2.46 bits per heavy atom. The molecule has 0 bridgehead atoms. The van der Waals surface area contributed by atoms with E-state index in [0.29, 0.717) is 36.2 Å². The van der Waals surface area contributed by atoms with Gasteiger partial charge in [0.15, 0.2) is 0 Å². The van der Waals surface area contributed by atoms with Gasteiger partial charge in [0.2, 0.25) is 0 Å². The lowest BCUT2D eigenvalue weighted by atomic mass is 9.82. The van der Waals surface area contributed by atoms with E-state index in [0.717, 1.165) is 5.56 Å². The van der Waals surface area contributed by atoms with E-state index in [1.807, 2.05) is 13.0 Å². The van der Waals surface area contributed by atoms with E-state index in [9.17, 15) is 19.5 Å². The van der Waals surface area contributed by atoms with Gasteiger partial charge < -0.3 is 15.3 Å². The monoisotopic (exact) mass is 380 g/mol. The van der Waals surface area contributed by atoms with Crippen LogP contribution in [0.1, 0.15) is 46.0 Å². The molecule has 1 fully saturated rings. The second kappa shape index (κ2) is 7.84. The molecule has 0 saturated carbocycles. The van der Waals surface area contributed by atoms with Gasteiger partial charge in [0.1, 0.15) is 0 Å². The minimum absolute atomic E-state index is 0.181. The van der Waals surface area contributed by atoms with Crippen LogP contribution in [0.5, 0.6) is 0 Å². The number of hydrogen-bond donors (Lipinski definition) is 2. The first-order valence-corrected chi connectivity index (χ1v) is 9.30. The average molecular weight is 380 g/mol. The first kappa shape index (κ1) is 19.6. The minimum Gasteiger partial charge on any atom is -0.481 e. The van der Waals surface area contributed by atoms with Crippen molar-refractivity contribution in [1.82, 2.24) is 4.90 Å². The van der Waals surface area contributed by atoms with Crippen LogP contribution < -0.4 is 5.32 Å². The third-order valence-corrected chi connectivity index (χ3v) is 5.27. The van der Waals surface area contributed by atoms with E-state index in [1.165, 1.54) is 0 Å². The molecule has 0 aliphatic carbocycles. The van der Waals surface area contributed by atoms with E-state index in [1.54, 1.807) is 54.3 Å². The third-order valence-electron chi connectivity index (χ3n) is 5.27. The van der Waals surface area contributed by atoms with Gasteiger partial charge in [0.05, 0.1) is 5.41 Å². The summed E-state index contributed by atoms with van der Waals surface area (Å²) in [6.45, 7) is 4.24. The van der Waals surface area contributed by atoms with Gasteiger partial charge in [-0.2, -0.15) is 0 Å². The first-order valence-electron chi connectivity index (χ1n) is 9.30. The molecular weight excluding hydrogens is 356 g/mol. The quantitative estimate of drug-likeness (QED) is 0.849. The molecule has 1 unspecified atom stereocenters. The van der Waals surface area contributed by atoms with Crippen molar-refractivity contribution in [1.29, 1.82) is 0 Å². The number of aryl methyl sites for hydroxylation is 1. The van der Waals surface area contributed by atoms with Crippen LogP contribution in [0.3, 0.4) is 0 Å². The zero-order valence-electron chi connectivity index (χ0n) is 16.1. The van der Waals surface area contributed by atoms with Crippen LogP contribution in [-0.4, -0.2) is 40.9 Å². The van der Waals surface area contributed by atoms with Crippen LogP contribution in [0.4, 0.5) is 5.69 Å². The molecular formula is C22H24N2O4. The topological polar surface area (TPSA) is 86.7 Å². The smallest absolute Gasteiger partial charge is 0.311 e. The predicted molar refractivity (Wildman–Crippen MR) is 106 cm³/mol. The fraction of sp³-hybridized carbons (Fsp3) is 0.318. The van der Waals surface area contributed by atoms with Gasteiger partial charge in [-0.3, -0.25) is 14.4 Å². The average Bonchev–Trinajstić information content (AvgIpc) is 2.69. The maximum absolute atomic E-state index is 12.9. The minimum atomic E-state index is -0.928. The summed E-state index contributed by atoms with van der Waals surface area (Å²) in [5.41, 5.74) is 1.45. The molecule has 28 heavy (non-hydrogen) atoms. The van der Waals surface area contributed by atoms with Gasteiger partial charge in [0, 0.05) is 29.9 Å². The highest BCUT2D eigenvalue weighted by Gasteiger charge is 2.39. The molecule has 0 spiro atoms. The zero-order valence-corrected chi connectivity index (χ0v) is 16.1. The number of piperidine rings is 1. The summed E-state index contributed by atoms with van der Waals surface area (Å²) in [6.07, 6.45) is 1.20. The molecule has 6 heteroatoms. The first-order chi connectivity index (χ1) is 13.3. The van der Waals surface area contributed by atoms with E-state index in [-0.39, 0.29) is 18.4 Å². The summed E-state index contributed by atoms with van der Waals surface area (Å²) in [4.78, 5) is 38.5. The van der Waals surface area contributed by atoms with Crippen molar-refractivity contribution in [2.24, 2.45) is 5.41 Å². The Hall–Kier alpha value is -3.15. The molecule has 2 N–H and O–H groups in total. The number of aliphatic carboxylic acids is 1. The van der Waals surface area contributed by atoms with Crippen molar-refractivity contribution in [2.75, 3.05) is 18.4 Å². The SMILES string of the molecule is Cc1ccc(C(=O)N2CCCC(C)(C(=O)O)C2)cc1NC(=O)c1ccccc1. The number of carbonyl (C=O) groups excluding carboxylic acids is 2. The van der Waals surface area contributed by atoms with Crippen LogP contribution in [0.25, 0.3) is 0 Å². The molecule has 0 radical (unpaired) electrons. The van der Waals surface area contributed by atoms with Crippen LogP contribution in [0, 0.1) is 12.3 Å². The molecule has 1 aliphatic rings. The molecule has 1 atom stereocenters. The number of likely N-dealkylation sites (tertiary alicyclic amines) is 1. The third kappa shape index (κ3) is 4.06. The largest absolute Gasteiger partial charge is 0.481 e. The summed E-state index contributed by atoms with van der Waals surface area (Å²) in [6, 6.07) is 14.0. The maximum Gasteiger partial charge on any atom is 0.311 e. The Labute approximate surface area is 164 Å². The Bertz CT molecular complexity index is 910. The van der Waals surface area contributed by atoms with E-state index in [2.05, 4.69) is 5.32 Å². The molecule has 2 aromatic rings. The summed E-state index contributed by atoms with van der Waals surface area (Å²) < 4.78 is 0. The van der Waals surface area contributed by atoms with Crippen LogP contribution in [0.2, 0.25) is 0 Å². The number of carboxylic acid groups (broad SMARTS) is 1. The number of rotatable bonds is 4. The lowest BCUT2D eigenvalue weighted by Gasteiger charge is -2.37. The Morgan fingerprint density at radius 1 is 1.07 bits per heavy atom. The van der Waals surface area contributed by atoms with Crippen molar-refractivity contribution in [3.8, 4) is 0 Å². The highest BCUT2D eigenvalue weighted by Crippen LogP contribution is 2.31. The molecule has 3 rings (SSSR count). The number of amides is 2. The summed E-state index contributed by atoms with van der Waals surface area (Å²) >= 11 is 0. The summed E-state index contributed by atoms with van der Waals surface area (Å²) in [5, 5.41) is 12.3. The fourth-order valence-corrected chi connectivity index (χ4v) is 3.44. The number of carbonyl (C=O) groups is 3. The zero-order chi connectivity index (χ0) is 20.3. The van der Waals surface area contributed by atoms with E-state index >= 15 is 0 Å². The Morgan fingerprint density at radius 2 is 1.79 bits per heavy atom. The Kier molecular flexibility index (Phi) is 5.49. The lowest BCUT2D eigenvalue weighted by molar-refractivity contribution is -0.150. The van der Waals surface area contributed by atoms with Crippen LogP contribution in [-0.2, 0) is 4.79 Å². The Balaban J connectivity index is 1.80. The van der Waals surface area contributed by atoms with Crippen molar-refractivity contribution in [3.63, 3.8) is 0 Å². The highest BCUT2D eigenvalue weighted by molar-refractivity contribution is 6.05. The van der Waals surface area contributed by atoms with Gasteiger partial charge >= 0.3 is 5.97 Å². The molecule has 1 saturated heterocycles. The molecule has 2 amide bonds. The second-order valence-electron chi connectivity index (χ2n) is 7.55. The van der Waals surface area contributed by atoms with Crippen molar-refractivity contribution >= 4 is 23.5 Å². The highest BCUT2D eigenvalue weighted by atomic mass is 16.4. The fourth-order valence-electron chi connectivity index (χ4n) is 3.44. The number of carboxylic acids is 1.